The van der Waals surface area contributed by atoms with Crippen molar-refractivity contribution in [1.29, 1.82) is 0 Å². The summed E-state index contributed by atoms with van der Waals surface area (Å²) in [4.78, 5) is 2.46. The van der Waals surface area contributed by atoms with E-state index >= 15 is 0 Å². The van der Waals surface area contributed by atoms with E-state index in [4.69, 9.17) is 8.83 Å². The number of para-hydroxylation sites is 3. The fourth-order valence-corrected chi connectivity index (χ4v) is 11.5. The van der Waals surface area contributed by atoms with E-state index in [9.17, 15) is 0 Å². The van der Waals surface area contributed by atoms with Gasteiger partial charge in [0.1, 0.15) is 16.7 Å². The van der Waals surface area contributed by atoms with E-state index in [0.717, 1.165) is 67.1 Å². The fourth-order valence-electron chi connectivity index (χ4n) is 11.5. The van der Waals surface area contributed by atoms with E-state index < -0.39 is 0 Å². The van der Waals surface area contributed by atoms with E-state index in [0.29, 0.717) is 11.8 Å². The first-order chi connectivity index (χ1) is 24.3. The van der Waals surface area contributed by atoms with E-state index in [-0.39, 0.29) is 5.41 Å². The van der Waals surface area contributed by atoms with Gasteiger partial charge in [-0.15, -0.1) is 0 Å². The van der Waals surface area contributed by atoms with Gasteiger partial charge in [-0.05, 0) is 120 Å². The number of hydrogen-bond donors (Lipinski definition) is 0. The number of nitrogens with zero attached hydrogens (tertiary/aromatic N) is 1. The van der Waals surface area contributed by atoms with Crippen LogP contribution < -0.4 is 4.90 Å². The van der Waals surface area contributed by atoms with Crippen molar-refractivity contribution in [2.45, 2.75) is 37.5 Å². The summed E-state index contributed by atoms with van der Waals surface area (Å²) >= 11 is 0. The van der Waals surface area contributed by atoms with Gasteiger partial charge in [-0.1, -0.05) is 84.9 Å². The lowest BCUT2D eigenvalue weighted by Gasteiger charge is -2.61. The van der Waals surface area contributed by atoms with Crippen LogP contribution in [0.4, 0.5) is 17.1 Å². The average Bonchev–Trinajstić information content (AvgIpc) is 3.80. The first-order valence-electron chi connectivity index (χ1n) is 18.1. The molecule has 0 unspecified atom stereocenters. The molecule has 4 saturated carbocycles. The van der Waals surface area contributed by atoms with Crippen molar-refractivity contribution in [2.75, 3.05) is 4.90 Å². The van der Waals surface area contributed by atoms with E-state index in [1.165, 1.54) is 48.9 Å². The molecule has 0 saturated heterocycles. The molecule has 0 N–H and O–H groups in total. The third kappa shape index (κ3) is 3.38. The molecule has 5 aliphatic rings. The summed E-state index contributed by atoms with van der Waals surface area (Å²) in [5, 5.41) is 4.52. The Morgan fingerprint density at radius 1 is 0.490 bits per heavy atom. The van der Waals surface area contributed by atoms with Crippen molar-refractivity contribution < 1.29 is 8.83 Å². The monoisotopic (exact) mass is 633 g/mol. The molecule has 8 aromatic rings. The highest BCUT2D eigenvalue weighted by atomic mass is 16.3. The smallest absolute Gasteiger partial charge is 0.159 e. The van der Waals surface area contributed by atoms with Crippen LogP contribution >= 0.6 is 0 Å². The predicted molar refractivity (Wildman–Crippen MR) is 199 cm³/mol. The van der Waals surface area contributed by atoms with Crippen molar-refractivity contribution in [2.24, 2.45) is 23.7 Å². The normalized spacial score (nSPS) is 24.8. The van der Waals surface area contributed by atoms with Gasteiger partial charge in [0, 0.05) is 27.3 Å². The Labute approximate surface area is 284 Å². The minimum Gasteiger partial charge on any atom is -0.456 e. The number of anilines is 3. The number of benzene rings is 6. The second kappa shape index (κ2) is 9.45. The van der Waals surface area contributed by atoms with Crippen molar-refractivity contribution >= 4 is 60.9 Å². The molecule has 2 aromatic heterocycles. The van der Waals surface area contributed by atoms with E-state index in [1.807, 2.05) is 0 Å². The SMILES string of the molecule is c1ccc2c(c1)-c1ccc(N(c3cccc4c3oc3ccccc34)c3cccc4oc5ccccc5c34)cc1C21C2CC3CC(C2)CC1C3. The van der Waals surface area contributed by atoms with Crippen molar-refractivity contribution in [3.8, 4) is 11.1 Å². The van der Waals surface area contributed by atoms with Crippen molar-refractivity contribution in [1.82, 2.24) is 0 Å². The molecule has 5 aliphatic carbocycles. The van der Waals surface area contributed by atoms with Crippen LogP contribution in [0.25, 0.3) is 55.0 Å². The molecule has 3 heteroatoms. The molecular weight excluding hydrogens is 599 g/mol. The van der Waals surface area contributed by atoms with Gasteiger partial charge >= 0.3 is 0 Å². The average molecular weight is 634 g/mol. The summed E-state index contributed by atoms with van der Waals surface area (Å²) in [6.45, 7) is 0. The van der Waals surface area contributed by atoms with E-state index in [2.05, 4.69) is 132 Å². The molecule has 4 bridgehead atoms. The molecule has 6 aromatic carbocycles. The zero-order valence-corrected chi connectivity index (χ0v) is 27.2. The molecule has 0 radical (unpaired) electrons. The van der Waals surface area contributed by atoms with Gasteiger partial charge in [0.2, 0.25) is 0 Å². The molecular formula is C46H35NO2. The zero-order chi connectivity index (χ0) is 31.8. The first-order valence-corrected chi connectivity index (χ1v) is 18.1. The maximum atomic E-state index is 6.75. The fraction of sp³-hybridized carbons (Fsp3) is 0.217. The highest BCUT2D eigenvalue weighted by Gasteiger charge is 2.61. The Morgan fingerprint density at radius 2 is 1.12 bits per heavy atom. The lowest BCUT2D eigenvalue weighted by Crippen LogP contribution is -2.55. The predicted octanol–water partition coefficient (Wildman–Crippen LogP) is 12.7. The molecule has 0 amide bonds. The second-order valence-corrected chi connectivity index (χ2v) is 15.3. The number of rotatable bonds is 3. The molecule has 3 nitrogen and oxygen atoms in total. The Kier molecular flexibility index (Phi) is 5.14. The van der Waals surface area contributed by atoms with Gasteiger partial charge in [0.05, 0.1) is 16.8 Å². The molecule has 49 heavy (non-hydrogen) atoms. The van der Waals surface area contributed by atoms with Crippen LogP contribution in [0.15, 0.2) is 136 Å². The third-order valence-electron chi connectivity index (χ3n) is 13.0. The minimum atomic E-state index is 0.0841. The third-order valence-corrected chi connectivity index (χ3v) is 13.0. The summed E-state index contributed by atoms with van der Waals surface area (Å²) in [6, 6.07) is 46.7. The van der Waals surface area contributed by atoms with Gasteiger partial charge in [-0.2, -0.15) is 0 Å². The molecule has 0 aliphatic heterocycles. The summed E-state index contributed by atoms with van der Waals surface area (Å²) in [7, 11) is 0. The number of hydrogen-bond acceptors (Lipinski definition) is 3. The highest BCUT2D eigenvalue weighted by molar-refractivity contribution is 6.16. The standard InChI is InChI=1S/C46H35NO2/c1-4-13-37-32(9-1)33-20-19-31(26-38(33)46(37)29-22-27-21-28(24-29)25-30(46)23-27)47(39-14-8-18-43-44(39)36-11-3-6-17-42(36)48-43)40-15-7-12-35-34-10-2-5-16-41(34)49-45(35)40/h1-20,26-30H,21-25H2. The van der Waals surface area contributed by atoms with E-state index in [1.54, 1.807) is 11.1 Å². The Morgan fingerprint density at radius 3 is 1.96 bits per heavy atom. The minimum absolute atomic E-state index is 0.0841. The van der Waals surface area contributed by atoms with Gasteiger partial charge < -0.3 is 13.7 Å². The Hall–Kier alpha value is -5.28. The van der Waals surface area contributed by atoms with Crippen LogP contribution in [0.3, 0.4) is 0 Å². The second-order valence-electron chi connectivity index (χ2n) is 15.3. The first kappa shape index (κ1) is 26.6. The van der Waals surface area contributed by atoms with Gasteiger partial charge in [0.25, 0.3) is 0 Å². The lowest BCUT2D eigenvalue weighted by molar-refractivity contribution is -0.0399. The van der Waals surface area contributed by atoms with Crippen LogP contribution in [0.5, 0.6) is 0 Å². The topological polar surface area (TPSA) is 29.5 Å². The summed E-state index contributed by atoms with van der Waals surface area (Å²) in [5.74, 6) is 3.22. The summed E-state index contributed by atoms with van der Waals surface area (Å²) in [6.07, 6.45) is 6.93. The van der Waals surface area contributed by atoms with Crippen molar-refractivity contribution in [3.05, 3.63) is 139 Å². The zero-order valence-electron chi connectivity index (χ0n) is 27.2. The Bertz CT molecular complexity index is 2630. The molecule has 0 atom stereocenters. The Balaban J connectivity index is 1.16. The van der Waals surface area contributed by atoms with Gasteiger partial charge in [-0.3, -0.25) is 0 Å². The molecule has 4 fully saturated rings. The highest BCUT2D eigenvalue weighted by Crippen LogP contribution is 2.69. The van der Waals surface area contributed by atoms with Crippen LogP contribution in [0.1, 0.15) is 43.2 Å². The van der Waals surface area contributed by atoms with Gasteiger partial charge in [0.15, 0.2) is 5.58 Å². The van der Waals surface area contributed by atoms with Crippen molar-refractivity contribution in [3.63, 3.8) is 0 Å². The van der Waals surface area contributed by atoms with Crippen LogP contribution in [-0.4, -0.2) is 0 Å². The number of furan rings is 2. The molecule has 13 rings (SSSR count). The van der Waals surface area contributed by atoms with Crippen LogP contribution in [0, 0.1) is 23.7 Å². The quantitative estimate of drug-likeness (QED) is 0.194. The maximum absolute atomic E-state index is 6.75. The molecule has 1 spiro atoms. The summed E-state index contributed by atoms with van der Waals surface area (Å²) < 4.78 is 13.2. The number of fused-ring (bicyclic) bond motifs is 9. The van der Waals surface area contributed by atoms with Crippen LogP contribution in [0.2, 0.25) is 0 Å². The maximum Gasteiger partial charge on any atom is 0.159 e. The van der Waals surface area contributed by atoms with Gasteiger partial charge in [-0.25, -0.2) is 0 Å². The molecule has 236 valence electrons. The van der Waals surface area contributed by atoms with Crippen LogP contribution in [-0.2, 0) is 5.41 Å². The molecule has 2 heterocycles. The largest absolute Gasteiger partial charge is 0.456 e. The lowest BCUT2D eigenvalue weighted by atomic mass is 9.43. The summed E-state index contributed by atoms with van der Waals surface area (Å²) in [5.41, 5.74) is 13.0.